The van der Waals surface area contributed by atoms with Crippen LogP contribution in [0.3, 0.4) is 0 Å². The van der Waals surface area contributed by atoms with E-state index in [1.807, 2.05) is 25.1 Å². The third-order valence-electron chi connectivity index (χ3n) is 5.76. The smallest absolute Gasteiger partial charge is 0.213 e. The summed E-state index contributed by atoms with van der Waals surface area (Å²) in [4.78, 5) is 11.1. The van der Waals surface area contributed by atoms with Gasteiger partial charge in [0.1, 0.15) is 35.9 Å². The number of alkyl halides is 1. The van der Waals surface area contributed by atoms with E-state index >= 15 is 0 Å². The summed E-state index contributed by atoms with van der Waals surface area (Å²) in [6, 6.07) is 8.04. The lowest BCUT2D eigenvalue weighted by Crippen LogP contribution is -2.35. The first-order valence-corrected chi connectivity index (χ1v) is 10.6. The maximum atomic E-state index is 13.0. The van der Waals surface area contributed by atoms with Crippen LogP contribution in [0.2, 0.25) is 5.15 Å². The molecule has 2 aliphatic rings. The standard InChI is InChI=1S/C22H22ClFN6O/c1-13-14(2-3-20(28-13)31-16-8-15(24)9-16)11-30-7-4-17-18(10-26)21(23)29-22(19(17)12-30)27-6-5-25/h2-3,15-16H,4,6-9,11-12H2,1H3,(H,27,29)/t15-,16-. The van der Waals surface area contributed by atoms with Crippen molar-refractivity contribution in [3.8, 4) is 18.0 Å². The van der Waals surface area contributed by atoms with Crippen LogP contribution in [-0.2, 0) is 19.5 Å². The van der Waals surface area contributed by atoms with Crippen LogP contribution in [0, 0.1) is 29.6 Å². The van der Waals surface area contributed by atoms with Crippen molar-refractivity contribution in [2.24, 2.45) is 0 Å². The fourth-order valence-electron chi connectivity index (χ4n) is 3.99. The third kappa shape index (κ3) is 4.56. The molecule has 0 amide bonds. The highest BCUT2D eigenvalue weighted by Gasteiger charge is 2.31. The van der Waals surface area contributed by atoms with Crippen LogP contribution in [0.1, 0.15) is 40.8 Å². The first kappa shape index (κ1) is 21.3. The number of pyridine rings is 2. The predicted octanol–water partition coefficient (Wildman–Crippen LogP) is 3.68. The van der Waals surface area contributed by atoms with Crippen molar-refractivity contribution in [1.82, 2.24) is 14.9 Å². The lowest BCUT2D eigenvalue weighted by molar-refractivity contribution is 0.0376. The Morgan fingerprint density at radius 3 is 2.77 bits per heavy atom. The van der Waals surface area contributed by atoms with Gasteiger partial charge in [0, 0.05) is 49.8 Å². The van der Waals surface area contributed by atoms with E-state index in [0.29, 0.717) is 49.6 Å². The van der Waals surface area contributed by atoms with Gasteiger partial charge in [-0.05, 0) is 24.5 Å². The summed E-state index contributed by atoms with van der Waals surface area (Å²) in [5.74, 6) is 1.08. The highest BCUT2D eigenvalue weighted by Crippen LogP contribution is 2.32. The molecule has 9 heteroatoms. The molecule has 1 fully saturated rings. The number of nitrogens with one attached hydrogen (secondary N) is 1. The van der Waals surface area contributed by atoms with E-state index in [9.17, 15) is 9.65 Å². The van der Waals surface area contributed by atoms with Crippen molar-refractivity contribution in [3.63, 3.8) is 0 Å². The molecule has 1 N–H and O–H groups in total. The third-order valence-corrected chi connectivity index (χ3v) is 6.04. The van der Waals surface area contributed by atoms with Gasteiger partial charge in [0.2, 0.25) is 5.88 Å². The molecule has 0 spiro atoms. The predicted molar refractivity (Wildman–Crippen MR) is 113 cm³/mol. The minimum absolute atomic E-state index is 0.0840. The number of hydrogen-bond acceptors (Lipinski definition) is 7. The summed E-state index contributed by atoms with van der Waals surface area (Å²) >= 11 is 6.19. The fourth-order valence-corrected chi connectivity index (χ4v) is 4.23. The van der Waals surface area contributed by atoms with E-state index in [0.717, 1.165) is 28.9 Å². The number of aromatic nitrogens is 2. The number of ether oxygens (including phenoxy) is 1. The Labute approximate surface area is 185 Å². The summed E-state index contributed by atoms with van der Waals surface area (Å²) in [7, 11) is 0. The van der Waals surface area contributed by atoms with Gasteiger partial charge in [-0.1, -0.05) is 17.7 Å². The van der Waals surface area contributed by atoms with Crippen molar-refractivity contribution in [2.75, 3.05) is 18.4 Å². The average molecular weight is 441 g/mol. The second-order valence-electron chi connectivity index (χ2n) is 7.87. The molecule has 0 atom stereocenters. The summed E-state index contributed by atoms with van der Waals surface area (Å²) in [5.41, 5.74) is 4.14. The quantitative estimate of drug-likeness (QED) is 0.540. The molecule has 0 unspecified atom stereocenters. The van der Waals surface area contributed by atoms with E-state index in [1.54, 1.807) is 0 Å². The molecule has 160 valence electrons. The molecule has 0 aromatic carbocycles. The van der Waals surface area contributed by atoms with E-state index in [4.69, 9.17) is 21.6 Å². The molecule has 0 bridgehead atoms. The van der Waals surface area contributed by atoms with Crippen molar-refractivity contribution in [1.29, 1.82) is 10.5 Å². The number of fused-ring (bicyclic) bond motifs is 1. The van der Waals surface area contributed by atoms with E-state index < -0.39 is 6.17 Å². The Bertz CT molecular complexity index is 1070. The SMILES string of the molecule is Cc1nc(O[C@H]2C[C@H](F)C2)ccc1CN1CCc2c(C#N)c(Cl)nc(NCC#N)c2C1. The van der Waals surface area contributed by atoms with Gasteiger partial charge in [-0.15, -0.1) is 0 Å². The van der Waals surface area contributed by atoms with Gasteiger partial charge >= 0.3 is 0 Å². The summed E-state index contributed by atoms with van der Waals surface area (Å²) < 4.78 is 18.7. The van der Waals surface area contributed by atoms with E-state index in [1.165, 1.54) is 0 Å². The van der Waals surface area contributed by atoms with Gasteiger partial charge in [-0.3, -0.25) is 4.90 Å². The van der Waals surface area contributed by atoms with Gasteiger partial charge in [-0.2, -0.15) is 10.5 Å². The largest absolute Gasteiger partial charge is 0.474 e. The molecule has 4 rings (SSSR count). The summed E-state index contributed by atoms with van der Waals surface area (Å²) in [5, 5.41) is 21.6. The number of halogens is 2. The minimum atomic E-state index is -0.759. The lowest BCUT2D eigenvalue weighted by atomic mass is 9.94. The van der Waals surface area contributed by atoms with Crippen LogP contribution < -0.4 is 10.1 Å². The molecule has 2 aromatic heterocycles. The van der Waals surface area contributed by atoms with Crippen LogP contribution in [-0.4, -0.2) is 40.2 Å². The second-order valence-corrected chi connectivity index (χ2v) is 8.23. The van der Waals surface area contributed by atoms with Crippen molar-refractivity contribution < 1.29 is 9.13 Å². The number of nitrogens with zero attached hydrogens (tertiary/aromatic N) is 5. The first-order chi connectivity index (χ1) is 15.0. The monoisotopic (exact) mass is 440 g/mol. The van der Waals surface area contributed by atoms with Gasteiger partial charge in [0.05, 0.1) is 11.6 Å². The Hall–Kier alpha value is -2.94. The number of aryl methyl sites for hydroxylation is 1. The van der Waals surface area contributed by atoms with Gasteiger partial charge in [0.25, 0.3) is 0 Å². The number of rotatable bonds is 6. The van der Waals surface area contributed by atoms with Crippen LogP contribution in [0.25, 0.3) is 0 Å². The maximum absolute atomic E-state index is 13.0. The Balaban J connectivity index is 1.50. The molecule has 1 aliphatic heterocycles. The molecule has 0 radical (unpaired) electrons. The Morgan fingerprint density at radius 2 is 2.10 bits per heavy atom. The van der Waals surface area contributed by atoms with Gasteiger partial charge in [-0.25, -0.2) is 14.4 Å². The summed E-state index contributed by atoms with van der Waals surface area (Å²) in [6.45, 7) is 4.07. The number of hydrogen-bond donors (Lipinski definition) is 1. The van der Waals surface area contributed by atoms with Crippen LogP contribution >= 0.6 is 11.6 Å². The highest BCUT2D eigenvalue weighted by atomic mass is 35.5. The van der Waals surface area contributed by atoms with Crippen molar-refractivity contribution in [3.05, 3.63) is 45.2 Å². The molecular weight excluding hydrogens is 419 g/mol. The van der Waals surface area contributed by atoms with E-state index in [2.05, 4.69) is 26.3 Å². The van der Waals surface area contributed by atoms with E-state index in [-0.39, 0.29) is 17.8 Å². The molecule has 31 heavy (non-hydrogen) atoms. The molecular formula is C22H22ClFN6O. The zero-order valence-electron chi connectivity index (χ0n) is 17.2. The van der Waals surface area contributed by atoms with Crippen molar-refractivity contribution >= 4 is 17.4 Å². The molecule has 7 nitrogen and oxygen atoms in total. The number of anilines is 1. The molecule has 1 saturated carbocycles. The normalized spacial score (nSPS) is 20.2. The van der Waals surface area contributed by atoms with Gasteiger partial charge in [0.15, 0.2) is 0 Å². The summed E-state index contributed by atoms with van der Waals surface area (Å²) in [6.07, 6.45) is 0.688. The topological polar surface area (TPSA) is 97.9 Å². The average Bonchev–Trinajstić information content (AvgIpc) is 2.73. The van der Waals surface area contributed by atoms with Gasteiger partial charge < -0.3 is 10.1 Å². The lowest BCUT2D eigenvalue weighted by Gasteiger charge is -2.31. The maximum Gasteiger partial charge on any atom is 0.213 e. The second kappa shape index (κ2) is 9.05. The molecule has 2 aromatic rings. The zero-order valence-corrected chi connectivity index (χ0v) is 17.9. The Morgan fingerprint density at radius 1 is 1.29 bits per heavy atom. The zero-order chi connectivity index (χ0) is 22.0. The Kier molecular flexibility index (Phi) is 6.22. The fraction of sp³-hybridized carbons (Fsp3) is 0.455. The van der Waals surface area contributed by atoms with Crippen LogP contribution in [0.5, 0.6) is 5.88 Å². The molecule has 3 heterocycles. The van der Waals surface area contributed by atoms with Crippen molar-refractivity contribution in [2.45, 2.75) is 51.6 Å². The molecule has 0 saturated heterocycles. The molecule has 1 aliphatic carbocycles. The minimum Gasteiger partial charge on any atom is -0.474 e. The van der Waals surface area contributed by atoms with Crippen LogP contribution in [0.4, 0.5) is 10.2 Å². The first-order valence-electron chi connectivity index (χ1n) is 10.2. The highest BCUT2D eigenvalue weighted by molar-refractivity contribution is 6.30. The van der Waals surface area contributed by atoms with Crippen LogP contribution in [0.15, 0.2) is 12.1 Å². The number of nitriles is 2.